The summed E-state index contributed by atoms with van der Waals surface area (Å²) in [6, 6.07) is 12.9. The van der Waals surface area contributed by atoms with E-state index in [2.05, 4.69) is 62.9 Å². The van der Waals surface area contributed by atoms with Crippen molar-refractivity contribution in [3.63, 3.8) is 0 Å². The summed E-state index contributed by atoms with van der Waals surface area (Å²) in [6.45, 7) is 10.6. The lowest BCUT2D eigenvalue weighted by atomic mass is 10.1. The van der Waals surface area contributed by atoms with Gasteiger partial charge < -0.3 is 24.0 Å². The number of halogens is 1. The van der Waals surface area contributed by atoms with Gasteiger partial charge in [0.05, 0.1) is 55.5 Å². The van der Waals surface area contributed by atoms with Crippen molar-refractivity contribution in [2.75, 3.05) is 58.4 Å². The Kier molecular flexibility index (Phi) is 10.3. The maximum atomic E-state index is 5.98. The molecule has 2 fully saturated rings. The van der Waals surface area contributed by atoms with Gasteiger partial charge in [-0.2, -0.15) is 5.10 Å². The van der Waals surface area contributed by atoms with Crippen LogP contribution in [0.25, 0.3) is 22.3 Å². The van der Waals surface area contributed by atoms with Gasteiger partial charge in [0.2, 0.25) is 0 Å². The topological polar surface area (TPSA) is 81.0 Å². The summed E-state index contributed by atoms with van der Waals surface area (Å²) in [5, 5.41) is 4.30. The zero-order valence-corrected chi connectivity index (χ0v) is 27.2. The maximum absolute atomic E-state index is 5.98. The lowest BCUT2D eigenvalue weighted by Gasteiger charge is -2.39. The molecule has 44 heavy (non-hydrogen) atoms. The van der Waals surface area contributed by atoms with E-state index in [1.165, 1.54) is 6.42 Å². The first-order chi connectivity index (χ1) is 20.9. The largest absolute Gasteiger partial charge is 0.497 e. The summed E-state index contributed by atoms with van der Waals surface area (Å²) < 4.78 is 19.0. The van der Waals surface area contributed by atoms with Crippen LogP contribution in [0.1, 0.15) is 26.7 Å². The van der Waals surface area contributed by atoms with E-state index in [9.17, 15) is 0 Å². The molecule has 3 atom stereocenters. The number of likely N-dealkylation sites (tertiary alicyclic amines) is 1. The van der Waals surface area contributed by atoms with Crippen LogP contribution < -0.4 is 14.4 Å². The number of aryl methyl sites for hydroxylation is 1. The standard InChI is InChI=1S/C33H43N7O3.ClH/c1-23-19-39(20-24(2)43-23)27-9-12-38(22-27)10-6-11-40(28-13-29(41-4)16-30(14-28)42-5)26-7-8-31-32(15-26)36-33(18-34-31)25-17-35-37(3)21-25;/h7-8,13-18,21,23-24,27H,6,9-12,19-20,22H2,1-5H3;1H/t23-,24+,27?;. The van der Waals surface area contributed by atoms with Gasteiger partial charge in [-0.25, -0.2) is 4.98 Å². The van der Waals surface area contributed by atoms with E-state index in [1.807, 2.05) is 37.8 Å². The lowest BCUT2D eigenvalue weighted by Crippen LogP contribution is -2.50. The van der Waals surface area contributed by atoms with Gasteiger partial charge in [0.15, 0.2) is 0 Å². The van der Waals surface area contributed by atoms with Crippen molar-refractivity contribution in [2.24, 2.45) is 7.05 Å². The van der Waals surface area contributed by atoms with E-state index in [4.69, 9.17) is 19.2 Å². The molecule has 2 aliphatic rings. The van der Waals surface area contributed by atoms with Gasteiger partial charge in [-0.05, 0) is 58.0 Å². The van der Waals surface area contributed by atoms with Gasteiger partial charge in [-0.15, -0.1) is 12.4 Å². The molecular formula is C33H44ClN7O3. The number of rotatable bonds is 10. The molecular weight excluding hydrogens is 578 g/mol. The van der Waals surface area contributed by atoms with Crippen LogP contribution in [0.3, 0.4) is 0 Å². The van der Waals surface area contributed by atoms with E-state index < -0.39 is 0 Å². The minimum absolute atomic E-state index is 0. The number of nitrogens with zero attached hydrogens (tertiary/aromatic N) is 7. The average molecular weight is 622 g/mol. The normalized spacial score (nSPS) is 20.9. The molecule has 0 saturated carbocycles. The van der Waals surface area contributed by atoms with Gasteiger partial charge in [0.25, 0.3) is 0 Å². The fourth-order valence-electron chi connectivity index (χ4n) is 6.50. The molecule has 4 heterocycles. The van der Waals surface area contributed by atoms with Crippen LogP contribution in [0, 0.1) is 0 Å². The van der Waals surface area contributed by atoms with Crippen LogP contribution in [0.5, 0.6) is 11.5 Å². The highest BCUT2D eigenvalue weighted by Gasteiger charge is 2.32. The molecule has 2 saturated heterocycles. The van der Waals surface area contributed by atoms with Crippen molar-refractivity contribution in [3.05, 3.63) is 55.0 Å². The summed E-state index contributed by atoms with van der Waals surface area (Å²) >= 11 is 0. The molecule has 0 bridgehead atoms. The summed E-state index contributed by atoms with van der Waals surface area (Å²) in [7, 11) is 5.28. The van der Waals surface area contributed by atoms with Crippen molar-refractivity contribution < 1.29 is 14.2 Å². The average Bonchev–Trinajstić information content (AvgIpc) is 3.67. The highest BCUT2D eigenvalue weighted by Crippen LogP contribution is 2.34. The SMILES string of the molecule is COc1cc(OC)cc(N(CCCN2CCC(N3C[C@@H](C)O[C@@H](C)C3)C2)c2ccc3ncc(-c4cnn(C)c4)nc3c2)c1.Cl. The number of benzene rings is 2. The second-order valence-electron chi connectivity index (χ2n) is 11.9. The molecule has 0 amide bonds. The van der Waals surface area contributed by atoms with E-state index in [-0.39, 0.29) is 12.4 Å². The highest BCUT2D eigenvalue weighted by molar-refractivity contribution is 5.85. The monoisotopic (exact) mass is 621 g/mol. The zero-order valence-electron chi connectivity index (χ0n) is 26.3. The van der Waals surface area contributed by atoms with Crippen molar-refractivity contribution >= 4 is 34.8 Å². The first-order valence-electron chi connectivity index (χ1n) is 15.3. The molecule has 2 aromatic heterocycles. The molecule has 6 rings (SSSR count). The molecule has 2 aliphatic heterocycles. The van der Waals surface area contributed by atoms with Gasteiger partial charge in [0, 0.05) is 80.6 Å². The van der Waals surface area contributed by atoms with Crippen molar-refractivity contribution in [1.82, 2.24) is 29.5 Å². The van der Waals surface area contributed by atoms with Crippen LogP contribution in [-0.4, -0.2) is 101 Å². The number of ether oxygens (including phenoxy) is 3. The molecule has 0 radical (unpaired) electrons. The number of hydrogen-bond acceptors (Lipinski definition) is 9. The minimum Gasteiger partial charge on any atom is -0.497 e. The second kappa shape index (κ2) is 14.1. The Morgan fingerprint density at radius 2 is 1.68 bits per heavy atom. The Morgan fingerprint density at radius 3 is 2.36 bits per heavy atom. The zero-order chi connectivity index (χ0) is 29.9. The fraction of sp³-hybridized carbons (Fsp3) is 0.485. The molecule has 4 aromatic rings. The quantitative estimate of drug-likeness (QED) is 0.238. The maximum Gasteiger partial charge on any atom is 0.124 e. The summed E-state index contributed by atoms with van der Waals surface area (Å²) in [6.07, 6.45) is 8.43. The summed E-state index contributed by atoms with van der Waals surface area (Å²) in [4.78, 5) is 17.2. The third-order valence-electron chi connectivity index (χ3n) is 8.55. The Hall–Kier alpha value is -3.44. The number of methoxy groups -OCH3 is 2. The molecule has 0 spiro atoms. The van der Waals surface area contributed by atoms with E-state index in [0.29, 0.717) is 18.2 Å². The first-order valence-corrected chi connectivity index (χ1v) is 15.3. The number of aromatic nitrogens is 4. The molecule has 0 aliphatic carbocycles. The highest BCUT2D eigenvalue weighted by atomic mass is 35.5. The third-order valence-corrected chi connectivity index (χ3v) is 8.55. The predicted molar refractivity (Wildman–Crippen MR) is 177 cm³/mol. The van der Waals surface area contributed by atoms with E-state index in [0.717, 1.165) is 90.9 Å². The van der Waals surface area contributed by atoms with Gasteiger partial charge >= 0.3 is 0 Å². The minimum atomic E-state index is 0. The van der Waals surface area contributed by atoms with Crippen LogP contribution in [0.2, 0.25) is 0 Å². The molecule has 236 valence electrons. The Balaban J connectivity index is 0.00000384. The molecule has 10 nitrogen and oxygen atoms in total. The molecule has 0 N–H and O–H groups in total. The van der Waals surface area contributed by atoms with Gasteiger partial charge in [0.1, 0.15) is 11.5 Å². The third kappa shape index (κ3) is 7.26. The number of hydrogen-bond donors (Lipinski definition) is 0. The number of anilines is 2. The smallest absolute Gasteiger partial charge is 0.124 e. The van der Waals surface area contributed by atoms with Crippen molar-refractivity contribution in [3.8, 4) is 22.8 Å². The van der Waals surface area contributed by atoms with Gasteiger partial charge in [-0.3, -0.25) is 14.6 Å². The Morgan fingerprint density at radius 1 is 0.932 bits per heavy atom. The van der Waals surface area contributed by atoms with Crippen LogP contribution in [-0.2, 0) is 11.8 Å². The predicted octanol–water partition coefficient (Wildman–Crippen LogP) is 5.18. The fourth-order valence-corrected chi connectivity index (χ4v) is 6.50. The number of morpholine rings is 1. The summed E-state index contributed by atoms with van der Waals surface area (Å²) in [5.74, 6) is 1.52. The summed E-state index contributed by atoms with van der Waals surface area (Å²) in [5.41, 5.74) is 5.52. The van der Waals surface area contributed by atoms with Crippen molar-refractivity contribution in [2.45, 2.75) is 44.9 Å². The van der Waals surface area contributed by atoms with Gasteiger partial charge in [-0.1, -0.05) is 0 Å². The Labute approximate surface area is 266 Å². The van der Waals surface area contributed by atoms with E-state index >= 15 is 0 Å². The van der Waals surface area contributed by atoms with Crippen molar-refractivity contribution in [1.29, 1.82) is 0 Å². The van der Waals surface area contributed by atoms with Crippen LogP contribution in [0.4, 0.5) is 11.4 Å². The molecule has 2 aromatic carbocycles. The van der Waals surface area contributed by atoms with Crippen LogP contribution >= 0.6 is 12.4 Å². The van der Waals surface area contributed by atoms with E-state index in [1.54, 1.807) is 18.9 Å². The molecule has 11 heteroatoms. The molecule has 1 unspecified atom stereocenters. The second-order valence-corrected chi connectivity index (χ2v) is 11.9. The van der Waals surface area contributed by atoms with Crippen LogP contribution in [0.15, 0.2) is 55.0 Å². The lowest BCUT2D eigenvalue weighted by molar-refractivity contribution is -0.0790. The Bertz CT molecular complexity index is 1520. The first kappa shape index (κ1) is 32.0. The number of fused-ring (bicyclic) bond motifs is 1.